The number of hydrogen-bond acceptors (Lipinski definition) is 3. The van der Waals surface area contributed by atoms with Crippen LogP contribution in [0.5, 0.6) is 5.75 Å². The third kappa shape index (κ3) is 2.13. The summed E-state index contributed by atoms with van der Waals surface area (Å²) in [6, 6.07) is 6.74. The molecule has 0 bridgehead atoms. The van der Waals surface area contributed by atoms with E-state index >= 15 is 0 Å². The summed E-state index contributed by atoms with van der Waals surface area (Å²) in [6.45, 7) is 0. The second-order valence-electron chi connectivity index (χ2n) is 3.62. The highest BCUT2D eigenvalue weighted by Gasteiger charge is 2.08. The summed E-state index contributed by atoms with van der Waals surface area (Å²) >= 11 is 0. The fraction of sp³-hybridized carbons (Fsp3) is 0.167. The van der Waals surface area contributed by atoms with Crippen LogP contribution in [0.25, 0.3) is 10.8 Å². The lowest BCUT2D eigenvalue weighted by molar-refractivity contribution is -0.136. The van der Waals surface area contributed by atoms with Gasteiger partial charge in [-0.3, -0.25) is 9.59 Å². The van der Waals surface area contributed by atoms with Crippen molar-refractivity contribution in [3.8, 4) is 5.75 Å². The summed E-state index contributed by atoms with van der Waals surface area (Å²) in [5, 5.41) is 9.81. The molecule has 0 saturated heterocycles. The molecule has 0 unspecified atom stereocenters. The number of hydrogen-bond donors (Lipinski definition) is 2. The molecule has 88 valence electrons. The number of ether oxygens (including phenoxy) is 1. The summed E-state index contributed by atoms with van der Waals surface area (Å²) in [5.74, 6) is -0.435. The van der Waals surface area contributed by atoms with Crippen LogP contribution < -0.4 is 10.3 Å². The van der Waals surface area contributed by atoms with E-state index in [1.54, 1.807) is 24.3 Å². The van der Waals surface area contributed by atoms with E-state index in [0.717, 1.165) is 0 Å². The van der Waals surface area contributed by atoms with Crippen molar-refractivity contribution in [1.82, 2.24) is 4.98 Å². The molecule has 1 aromatic heterocycles. The predicted molar refractivity (Wildman–Crippen MR) is 62.5 cm³/mol. The Balaban J connectivity index is 2.70. The first-order chi connectivity index (χ1) is 8.11. The van der Waals surface area contributed by atoms with Gasteiger partial charge >= 0.3 is 5.97 Å². The van der Waals surface area contributed by atoms with Gasteiger partial charge in [0.15, 0.2) is 0 Å². The lowest BCUT2D eigenvalue weighted by Gasteiger charge is -2.06. The third-order valence-electron chi connectivity index (χ3n) is 2.46. The normalized spacial score (nSPS) is 10.4. The summed E-state index contributed by atoms with van der Waals surface area (Å²) in [4.78, 5) is 24.9. The molecule has 2 N–H and O–H groups in total. The number of nitrogens with one attached hydrogen (secondary N) is 1. The lowest BCUT2D eigenvalue weighted by Crippen LogP contribution is -2.12. The minimum Gasteiger partial charge on any atom is -0.496 e. The number of aliphatic carboxylic acids is 1. The molecule has 0 spiro atoms. The molecule has 17 heavy (non-hydrogen) atoms. The number of aromatic amines is 1. The van der Waals surface area contributed by atoms with Crippen LogP contribution in [0, 0.1) is 0 Å². The smallest absolute Gasteiger partial charge is 0.309 e. The molecule has 0 amide bonds. The number of aromatic nitrogens is 1. The summed E-state index contributed by atoms with van der Waals surface area (Å²) in [7, 11) is 1.51. The van der Waals surface area contributed by atoms with Gasteiger partial charge in [0, 0.05) is 11.1 Å². The third-order valence-corrected chi connectivity index (χ3v) is 2.46. The Morgan fingerprint density at radius 2 is 2.18 bits per heavy atom. The van der Waals surface area contributed by atoms with Gasteiger partial charge in [-0.15, -0.1) is 0 Å². The largest absolute Gasteiger partial charge is 0.496 e. The fourth-order valence-corrected chi connectivity index (χ4v) is 1.75. The minimum atomic E-state index is -0.991. The van der Waals surface area contributed by atoms with Crippen LogP contribution in [0.4, 0.5) is 0 Å². The lowest BCUT2D eigenvalue weighted by atomic mass is 10.1. The average Bonchev–Trinajstić information content (AvgIpc) is 2.27. The van der Waals surface area contributed by atoms with E-state index < -0.39 is 5.97 Å². The van der Waals surface area contributed by atoms with Crippen LogP contribution in [0.15, 0.2) is 29.1 Å². The second kappa shape index (κ2) is 4.29. The molecule has 0 aliphatic heterocycles. The van der Waals surface area contributed by atoms with Crippen molar-refractivity contribution in [1.29, 1.82) is 0 Å². The Labute approximate surface area is 96.7 Å². The fourth-order valence-electron chi connectivity index (χ4n) is 1.75. The van der Waals surface area contributed by atoms with Crippen LogP contribution in [0.1, 0.15) is 5.69 Å². The van der Waals surface area contributed by atoms with Crippen LogP contribution in [0.3, 0.4) is 0 Å². The van der Waals surface area contributed by atoms with E-state index in [2.05, 4.69) is 4.98 Å². The number of pyridine rings is 1. The van der Waals surface area contributed by atoms with Crippen molar-refractivity contribution in [2.45, 2.75) is 6.42 Å². The van der Waals surface area contributed by atoms with E-state index in [0.29, 0.717) is 22.2 Å². The van der Waals surface area contributed by atoms with Crippen molar-refractivity contribution < 1.29 is 14.6 Å². The molecular formula is C12H11NO4. The summed E-state index contributed by atoms with van der Waals surface area (Å²) in [5.41, 5.74) is 0.0529. The Morgan fingerprint density at radius 3 is 2.82 bits per heavy atom. The van der Waals surface area contributed by atoms with E-state index in [9.17, 15) is 9.59 Å². The molecule has 5 nitrogen and oxygen atoms in total. The van der Waals surface area contributed by atoms with Crippen molar-refractivity contribution >= 4 is 16.7 Å². The molecule has 2 aromatic rings. The minimum absolute atomic E-state index is 0.219. The van der Waals surface area contributed by atoms with Gasteiger partial charge in [0.2, 0.25) is 0 Å². The maximum atomic E-state index is 11.7. The maximum Gasteiger partial charge on any atom is 0.309 e. The van der Waals surface area contributed by atoms with E-state index in [4.69, 9.17) is 9.84 Å². The Bertz CT molecular complexity index is 630. The Kier molecular flexibility index (Phi) is 2.82. The van der Waals surface area contributed by atoms with E-state index in [1.165, 1.54) is 7.11 Å². The van der Waals surface area contributed by atoms with Gasteiger partial charge in [-0.1, -0.05) is 6.07 Å². The first kappa shape index (κ1) is 11.2. The monoisotopic (exact) mass is 233 g/mol. The highest BCUT2D eigenvalue weighted by molar-refractivity contribution is 5.88. The molecule has 0 fully saturated rings. The number of carboxylic acid groups (broad SMARTS) is 1. The molecule has 1 heterocycles. The van der Waals surface area contributed by atoms with Gasteiger partial charge in [0.25, 0.3) is 5.56 Å². The first-order valence-electron chi connectivity index (χ1n) is 5.02. The van der Waals surface area contributed by atoms with Gasteiger partial charge in [0.1, 0.15) is 5.75 Å². The van der Waals surface area contributed by atoms with Gasteiger partial charge < -0.3 is 14.8 Å². The van der Waals surface area contributed by atoms with Crippen molar-refractivity contribution in [2.75, 3.05) is 7.11 Å². The Morgan fingerprint density at radius 1 is 1.41 bits per heavy atom. The van der Waals surface area contributed by atoms with Crippen molar-refractivity contribution in [2.24, 2.45) is 0 Å². The molecule has 0 saturated carbocycles. The topological polar surface area (TPSA) is 79.4 Å². The molecule has 0 aliphatic carbocycles. The quantitative estimate of drug-likeness (QED) is 0.833. The standard InChI is InChI=1S/C12H11NO4/c1-17-10-4-2-3-8-9(10)5-7(6-11(14)15)13-12(8)16/h2-5H,6H2,1H3,(H,13,16)(H,14,15). The molecule has 0 atom stereocenters. The molecule has 2 rings (SSSR count). The van der Waals surface area contributed by atoms with Crippen LogP contribution in [-0.4, -0.2) is 23.2 Å². The number of fused-ring (bicyclic) bond motifs is 1. The van der Waals surface area contributed by atoms with E-state index in [-0.39, 0.29) is 12.0 Å². The van der Waals surface area contributed by atoms with E-state index in [1.807, 2.05) is 0 Å². The van der Waals surface area contributed by atoms with Gasteiger partial charge in [-0.05, 0) is 18.2 Å². The molecular weight excluding hydrogens is 222 g/mol. The molecule has 0 radical (unpaired) electrons. The molecule has 5 heteroatoms. The van der Waals surface area contributed by atoms with Crippen LogP contribution in [-0.2, 0) is 11.2 Å². The number of benzene rings is 1. The summed E-state index contributed by atoms with van der Waals surface area (Å²) in [6.07, 6.45) is -0.219. The Hall–Kier alpha value is -2.30. The molecule has 1 aromatic carbocycles. The second-order valence-corrected chi connectivity index (χ2v) is 3.62. The summed E-state index contributed by atoms with van der Waals surface area (Å²) < 4.78 is 5.14. The highest BCUT2D eigenvalue weighted by atomic mass is 16.5. The number of methoxy groups -OCH3 is 1. The number of carboxylic acids is 1. The van der Waals surface area contributed by atoms with Crippen molar-refractivity contribution in [3.05, 3.63) is 40.3 Å². The van der Waals surface area contributed by atoms with Crippen molar-refractivity contribution in [3.63, 3.8) is 0 Å². The zero-order chi connectivity index (χ0) is 12.4. The molecule has 0 aliphatic rings. The number of carbonyl (C=O) groups is 1. The van der Waals surface area contributed by atoms with Gasteiger partial charge in [-0.25, -0.2) is 0 Å². The average molecular weight is 233 g/mol. The predicted octanol–water partition coefficient (Wildman–Crippen LogP) is 1.16. The number of rotatable bonds is 3. The SMILES string of the molecule is COc1cccc2c(=O)[nH]c(CC(=O)O)cc12. The van der Waals surface area contributed by atoms with Crippen LogP contribution >= 0.6 is 0 Å². The van der Waals surface area contributed by atoms with Crippen LogP contribution in [0.2, 0.25) is 0 Å². The zero-order valence-corrected chi connectivity index (χ0v) is 9.19. The zero-order valence-electron chi connectivity index (χ0n) is 9.19. The number of H-pyrrole nitrogens is 1. The first-order valence-corrected chi connectivity index (χ1v) is 5.02. The van der Waals surface area contributed by atoms with Gasteiger partial charge in [-0.2, -0.15) is 0 Å². The van der Waals surface area contributed by atoms with Gasteiger partial charge in [0.05, 0.1) is 18.9 Å². The highest BCUT2D eigenvalue weighted by Crippen LogP contribution is 2.23. The maximum absolute atomic E-state index is 11.7.